The summed E-state index contributed by atoms with van der Waals surface area (Å²) < 4.78 is 31.9. The van der Waals surface area contributed by atoms with Crippen LogP contribution < -0.4 is 44.6 Å². The van der Waals surface area contributed by atoms with Crippen LogP contribution in [0.5, 0.6) is 0 Å². The minimum absolute atomic E-state index is 0. The Hall–Kier alpha value is -7.09. The van der Waals surface area contributed by atoms with Gasteiger partial charge in [-0.2, -0.15) is 5.70 Å². The number of primary amides is 6. The molecule has 2 aromatic rings. The molecule has 2 saturated heterocycles. The largest absolute Gasteiger partial charge is 3.00 e. The second-order valence-electron chi connectivity index (χ2n) is 27.1. The molecule has 7 heterocycles. The maximum atomic E-state index is 14.4. The molecule has 6 aliphatic rings. The molecule has 15 atom stereocenters. The van der Waals surface area contributed by atoms with Gasteiger partial charge in [0, 0.05) is 108 Å². The summed E-state index contributed by atoms with van der Waals surface area (Å²) >= 11 is 0. The number of fused-ring (bicyclic) bond motifs is 7. The van der Waals surface area contributed by atoms with Gasteiger partial charge >= 0.3 is 16.8 Å². The van der Waals surface area contributed by atoms with Gasteiger partial charge in [-0.05, 0) is 119 Å². The van der Waals surface area contributed by atoms with Crippen molar-refractivity contribution in [1.29, 1.82) is 0 Å². The van der Waals surface area contributed by atoms with Crippen molar-refractivity contribution in [2.24, 2.45) is 100 Å². The molecule has 30 nitrogen and oxygen atoms in total. The number of aliphatic imine (C=N–C) groups is 3. The zero-order valence-corrected chi connectivity index (χ0v) is 56.7. The predicted octanol–water partition coefficient (Wildman–Crippen LogP) is 3.56. The Labute approximate surface area is 555 Å². The van der Waals surface area contributed by atoms with E-state index in [0.717, 1.165) is 16.5 Å². The first-order valence-electron chi connectivity index (χ1n) is 30.9. The first-order valence-corrected chi connectivity index (χ1v) is 32.3. The maximum Gasteiger partial charge on any atom is 3.00 e. The average Bonchev–Trinajstić information content (AvgIpc) is 1.53. The third kappa shape index (κ3) is 15.0. The van der Waals surface area contributed by atoms with Gasteiger partial charge in [0.2, 0.25) is 41.4 Å². The number of hydrogen-bond acceptors (Lipinski definition) is 21. The van der Waals surface area contributed by atoms with Crippen molar-refractivity contribution in [3.8, 4) is 0 Å². The minimum atomic E-state index is -5.32. The Morgan fingerprint density at radius 1 is 0.809 bits per heavy atom. The SMILES string of the molecule is C/C1=C2N=C(/C=C3N=C(/C(C)=C4\[N-]C(C(CC(N)=O)C4(C)CCC(=O)NCC(C)OP(=O)([O-])OC4C(CO)OC(n5cnc6cc(C)c(C)cc65)C4O)C4(C)N=C1C(CCC(N)=O)C4(C)CC(N)=O)C(CCC(N)=O)C\3(C)C)C(CCC(N)=O)C/2(C)CC(N)=O.O=N[O-].[Co+3]. The summed E-state index contributed by atoms with van der Waals surface area (Å²) in [7, 11) is -5.32. The number of benzene rings is 1. The summed E-state index contributed by atoms with van der Waals surface area (Å²) in [5.41, 5.74) is 36.7. The van der Waals surface area contributed by atoms with Crippen molar-refractivity contribution in [2.45, 2.75) is 189 Å². The molecule has 6 aliphatic heterocycles. The molecule has 1 aromatic carbocycles. The molecule has 0 saturated carbocycles. The van der Waals surface area contributed by atoms with Crippen molar-refractivity contribution in [1.82, 2.24) is 14.9 Å². The molecule has 32 heteroatoms. The number of phosphoric ester groups is 1. The fourth-order valence-corrected chi connectivity index (χ4v) is 16.4. The van der Waals surface area contributed by atoms with Crippen LogP contribution in [0.3, 0.4) is 0 Å². The van der Waals surface area contributed by atoms with Gasteiger partial charge in [-0.25, -0.2) is 4.98 Å². The number of carbonyl (C=O) groups is 7. The van der Waals surface area contributed by atoms with Crippen LogP contribution in [-0.2, 0) is 68.7 Å². The van der Waals surface area contributed by atoms with Crippen molar-refractivity contribution in [3.63, 3.8) is 0 Å². The van der Waals surface area contributed by atoms with E-state index >= 15 is 0 Å². The summed E-state index contributed by atoms with van der Waals surface area (Å²) in [6, 6.07) is 2.65. The summed E-state index contributed by atoms with van der Waals surface area (Å²) in [5, 5.41) is 39.1. The van der Waals surface area contributed by atoms with Gasteiger partial charge in [0.15, 0.2) is 6.23 Å². The Kier molecular flexibility index (Phi) is 23.5. The number of nitrogens with one attached hydrogen (secondary N) is 1. The third-order valence-corrected chi connectivity index (χ3v) is 21.6. The number of aryl methyl sites for hydroxylation is 2. The average molecular weight is 1380 g/mol. The number of phosphoric acid groups is 1. The molecular weight excluding hydrogens is 1290 g/mol. The van der Waals surface area contributed by atoms with E-state index in [2.05, 4.69) is 10.3 Å². The molecule has 94 heavy (non-hydrogen) atoms. The molecule has 0 aliphatic carbocycles. The molecule has 2 fully saturated rings. The minimum Gasteiger partial charge on any atom is -0.756 e. The number of aromatic nitrogens is 2. The van der Waals surface area contributed by atoms with Crippen molar-refractivity contribution in [2.75, 3.05) is 13.2 Å². The van der Waals surface area contributed by atoms with E-state index in [4.69, 9.17) is 78.6 Å². The number of amides is 7. The smallest absolute Gasteiger partial charge is 0.756 e. The van der Waals surface area contributed by atoms with E-state index in [-0.39, 0.29) is 94.0 Å². The predicted molar refractivity (Wildman–Crippen MR) is 341 cm³/mol. The number of allylic oxidation sites excluding steroid dienone is 6. The Morgan fingerprint density at radius 2 is 1.38 bits per heavy atom. The number of nitrogens with two attached hydrogens (primary N) is 6. The number of rotatable bonds is 26. The van der Waals surface area contributed by atoms with E-state index in [9.17, 15) is 53.2 Å². The fraction of sp³-hybridized carbons (Fsp3) is 0.629. The van der Waals surface area contributed by atoms with Crippen LogP contribution in [0.1, 0.15) is 150 Å². The summed E-state index contributed by atoms with van der Waals surface area (Å²) in [5.74, 6) is -7.40. The zero-order chi connectivity index (χ0) is 69.4. The number of hydrogen-bond donors (Lipinski definition) is 9. The topological polar surface area (TPSA) is 517 Å². The van der Waals surface area contributed by atoms with Crippen LogP contribution in [0.15, 0.2) is 73.1 Å². The van der Waals surface area contributed by atoms with Gasteiger partial charge in [-0.3, -0.25) is 53.1 Å². The van der Waals surface area contributed by atoms with Crippen LogP contribution in [0, 0.1) is 69.3 Å². The van der Waals surface area contributed by atoms with Gasteiger partial charge < -0.3 is 88.6 Å². The zero-order valence-electron chi connectivity index (χ0n) is 54.8. The van der Waals surface area contributed by atoms with Crippen molar-refractivity contribution in [3.05, 3.63) is 79.3 Å². The maximum absolute atomic E-state index is 14.4. The van der Waals surface area contributed by atoms with Crippen molar-refractivity contribution >= 4 is 77.3 Å². The van der Waals surface area contributed by atoms with Gasteiger partial charge in [-0.15, -0.1) is 5.34 Å². The van der Waals surface area contributed by atoms with Gasteiger partial charge in [0.05, 0.1) is 41.3 Å². The van der Waals surface area contributed by atoms with Crippen LogP contribution in [-0.4, -0.2) is 127 Å². The second kappa shape index (κ2) is 29.1. The van der Waals surface area contributed by atoms with Crippen molar-refractivity contribution < 1.29 is 83.8 Å². The normalized spacial score (nSPS) is 32.9. The molecule has 8 bridgehead atoms. The molecule has 0 radical (unpaired) electrons. The van der Waals surface area contributed by atoms with Gasteiger partial charge in [-0.1, -0.05) is 40.7 Å². The standard InChI is InChI=1S/C62H90N13O14P.Co.HNO2/c1-29-20-39-40(21-30(29)2)75(28-70-39)57-52(84)53(41(27-76)87-57)89-90(85,86)88-31(3)26-69-49(83)18-19-59(8)37(22-46(66)80)56-62(11)61(10,25-48(68)82)36(14-17-45(65)79)51(74-62)33(5)55-60(9,24-47(67)81)34(12-15-43(63)77)38(71-55)23-42-58(6,7)35(13-16-44(64)78)50(72-42)32(4)54(59)73-56;;2-1-3/h20-21,23,28,31,34-37,41,52-53,56-57,76,84H,12-19,22,24-27H2,1-11H3,(H15,63,64,65,66,67,68,69,71,72,73,74,77,78,79,80,81,82,83,85,86);;(H,2,3)/q;+3;/p-3. The summed E-state index contributed by atoms with van der Waals surface area (Å²) in [6.45, 7) is 19.0. The number of aliphatic hydroxyl groups excluding tert-OH is 2. The molecule has 7 amide bonds. The summed E-state index contributed by atoms with van der Waals surface area (Å²) in [4.78, 5) is 136. The Balaban J connectivity index is 0.00000343. The van der Waals surface area contributed by atoms with E-state index in [1.165, 1.54) is 17.8 Å². The van der Waals surface area contributed by atoms with E-state index in [0.29, 0.717) is 56.4 Å². The third-order valence-electron chi connectivity index (χ3n) is 20.5. The summed E-state index contributed by atoms with van der Waals surface area (Å²) in [6.07, 6.45) is -4.79. The number of ether oxygens (including phenoxy) is 1. The first kappa shape index (κ1) is 75.9. The van der Waals surface area contributed by atoms with Crippen LogP contribution >= 0.6 is 7.82 Å². The number of carbonyl (C=O) groups excluding carboxylic acids is 7. The monoisotopic (exact) mass is 1370 g/mol. The molecule has 516 valence electrons. The van der Waals surface area contributed by atoms with Crippen LogP contribution in [0.2, 0.25) is 0 Å². The van der Waals surface area contributed by atoms with Gasteiger partial charge in [0.1, 0.15) is 18.3 Å². The second-order valence-corrected chi connectivity index (χ2v) is 28.4. The molecule has 15 unspecified atom stereocenters. The molecular formula is C62H88CoN14O16P. The van der Waals surface area contributed by atoms with E-state index in [1.807, 2.05) is 80.5 Å². The fourth-order valence-electron chi connectivity index (χ4n) is 15.3. The molecule has 8 rings (SSSR count). The number of aliphatic hydroxyl groups is 2. The molecule has 1 aromatic heterocycles. The first-order chi connectivity index (χ1) is 43.2. The van der Waals surface area contributed by atoms with Crippen LogP contribution in [0.4, 0.5) is 0 Å². The molecule has 15 N–H and O–H groups in total. The Morgan fingerprint density at radius 3 is 1.95 bits per heavy atom. The Bertz CT molecular complexity index is 3610. The van der Waals surface area contributed by atoms with E-state index < -0.39 is 143 Å². The number of nitrogens with zero attached hydrogens (tertiary/aromatic N) is 7. The van der Waals surface area contributed by atoms with E-state index in [1.54, 1.807) is 6.92 Å². The quantitative estimate of drug-likeness (QED) is 0.0369. The van der Waals surface area contributed by atoms with Gasteiger partial charge in [0.25, 0.3) is 7.82 Å². The van der Waals surface area contributed by atoms with Crippen LogP contribution in [0.25, 0.3) is 16.4 Å². The molecule has 0 spiro atoms. The number of imidazole rings is 1.